The molecule has 0 aliphatic carbocycles. The van der Waals surface area contributed by atoms with Crippen molar-refractivity contribution in [3.63, 3.8) is 0 Å². The number of carbonyl (C=O) groups is 2. The summed E-state index contributed by atoms with van der Waals surface area (Å²) in [5.74, 6) is -1.84. The van der Waals surface area contributed by atoms with Crippen LogP contribution in [0.15, 0.2) is 30.3 Å². The number of amides is 1. The maximum absolute atomic E-state index is 11.2. The first-order valence-corrected chi connectivity index (χ1v) is 4.17. The molecule has 0 aliphatic heterocycles. The van der Waals surface area contributed by atoms with Gasteiger partial charge in [0.1, 0.15) is 11.7 Å². The lowest BCUT2D eigenvalue weighted by atomic mass is 10.2. The molecule has 0 saturated heterocycles. The molecule has 0 fully saturated rings. The summed E-state index contributed by atoms with van der Waals surface area (Å²) in [5.41, 5.74) is 4.95. The SMILES string of the molecule is CC(C(N)=O)C(=O)Oc1ccccc1. The third-order valence-corrected chi connectivity index (χ3v) is 1.74. The summed E-state index contributed by atoms with van der Waals surface area (Å²) in [5, 5.41) is 0. The molecular formula is C10H11NO3. The van der Waals surface area contributed by atoms with Crippen LogP contribution in [0.1, 0.15) is 6.92 Å². The first kappa shape index (κ1) is 10.2. The van der Waals surface area contributed by atoms with Gasteiger partial charge in [0.15, 0.2) is 0 Å². The molecular weight excluding hydrogens is 182 g/mol. The van der Waals surface area contributed by atoms with Crippen LogP contribution in [-0.4, -0.2) is 11.9 Å². The van der Waals surface area contributed by atoms with Crippen LogP contribution in [0, 0.1) is 5.92 Å². The van der Waals surface area contributed by atoms with Gasteiger partial charge >= 0.3 is 5.97 Å². The van der Waals surface area contributed by atoms with E-state index in [-0.39, 0.29) is 0 Å². The van der Waals surface area contributed by atoms with E-state index in [1.807, 2.05) is 0 Å². The molecule has 0 saturated carbocycles. The first-order valence-electron chi connectivity index (χ1n) is 4.17. The van der Waals surface area contributed by atoms with Crippen LogP contribution in [0.2, 0.25) is 0 Å². The van der Waals surface area contributed by atoms with E-state index < -0.39 is 17.8 Å². The zero-order valence-corrected chi connectivity index (χ0v) is 7.77. The average molecular weight is 193 g/mol. The highest BCUT2D eigenvalue weighted by Gasteiger charge is 2.20. The Morgan fingerprint density at radius 3 is 2.36 bits per heavy atom. The monoisotopic (exact) mass is 193 g/mol. The lowest BCUT2D eigenvalue weighted by Gasteiger charge is -2.07. The van der Waals surface area contributed by atoms with Crippen LogP contribution < -0.4 is 10.5 Å². The van der Waals surface area contributed by atoms with Crippen molar-refractivity contribution >= 4 is 11.9 Å². The molecule has 14 heavy (non-hydrogen) atoms. The van der Waals surface area contributed by atoms with E-state index in [9.17, 15) is 9.59 Å². The number of primary amides is 1. The Hall–Kier alpha value is -1.84. The molecule has 0 bridgehead atoms. The number of carbonyl (C=O) groups excluding carboxylic acids is 2. The molecule has 0 aliphatic rings. The van der Waals surface area contributed by atoms with E-state index in [1.165, 1.54) is 6.92 Å². The summed E-state index contributed by atoms with van der Waals surface area (Å²) in [6.45, 7) is 1.41. The highest BCUT2D eigenvalue weighted by molar-refractivity contribution is 5.97. The van der Waals surface area contributed by atoms with Crippen molar-refractivity contribution in [2.24, 2.45) is 11.7 Å². The van der Waals surface area contributed by atoms with Crippen LogP contribution >= 0.6 is 0 Å². The van der Waals surface area contributed by atoms with Crippen molar-refractivity contribution in [2.75, 3.05) is 0 Å². The fraction of sp³-hybridized carbons (Fsp3) is 0.200. The molecule has 0 radical (unpaired) electrons. The lowest BCUT2D eigenvalue weighted by Crippen LogP contribution is -2.30. The quantitative estimate of drug-likeness (QED) is 0.436. The van der Waals surface area contributed by atoms with Gasteiger partial charge in [-0.1, -0.05) is 18.2 Å². The van der Waals surface area contributed by atoms with Crippen molar-refractivity contribution in [3.8, 4) is 5.75 Å². The van der Waals surface area contributed by atoms with E-state index >= 15 is 0 Å². The number of benzene rings is 1. The number of para-hydroxylation sites is 1. The summed E-state index contributed by atoms with van der Waals surface area (Å²) in [6.07, 6.45) is 0. The summed E-state index contributed by atoms with van der Waals surface area (Å²) in [4.78, 5) is 21.9. The summed E-state index contributed by atoms with van der Waals surface area (Å²) in [7, 11) is 0. The highest BCUT2D eigenvalue weighted by Crippen LogP contribution is 2.10. The van der Waals surface area contributed by atoms with Crippen molar-refractivity contribution in [2.45, 2.75) is 6.92 Å². The van der Waals surface area contributed by atoms with E-state index in [2.05, 4.69) is 0 Å². The molecule has 0 aromatic heterocycles. The van der Waals surface area contributed by atoms with Gasteiger partial charge < -0.3 is 10.5 Å². The fourth-order valence-corrected chi connectivity index (χ4v) is 0.809. The largest absolute Gasteiger partial charge is 0.426 e. The van der Waals surface area contributed by atoms with Crippen LogP contribution in [0.4, 0.5) is 0 Å². The van der Waals surface area contributed by atoms with Crippen molar-refractivity contribution in [1.29, 1.82) is 0 Å². The number of esters is 1. The fourth-order valence-electron chi connectivity index (χ4n) is 0.809. The number of nitrogens with two attached hydrogens (primary N) is 1. The molecule has 2 N–H and O–H groups in total. The maximum atomic E-state index is 11.2. The average Bonchev–Trinajstić information content (AvgIpc) is 2.18. The predicted molar refractivity (Wildman–Crippen MR) is 50.4 cm³/mol. The first-order chi connectivity index (χ1) is 6.61. The predicted octanol–water partition coefficient (Wildman–Crippen LogP) is 0.713. The Bertz CT molecular complexity index is 334. The van der Waals surface area contributed by atoms with Gasteiger partial charge in [0.25, 0.3) is 0 Å². The molecule has 1 rings (SSSR count). The van der Waals surface area contributed by atoms with Gasteiger partial charge in [0.05, 0.1) is 0 Å². The minimum absolute atomic E-state index is 0.408. The summed E-state index contributed by atoms with van der Waals surface area (Å²) in [6, 6.07) is 8.53. The summed E-state index contributed by atoms with van der Waals surface area (Å²) >= 11 is 0. The highest BCUT2D eigenvalue weighted by atomic mass is 16.5. The third-order valence-electron chi connectivity index (χ3n) is 1.74. The van der Waals surface area contributed by atoms with Crippen LogP contribution in [-0.2, 0) is 9.59 Å². The van der Waals surface area contributed by atoms with E-state index in [0.29, 0.717) is 5.75 Å². The molecule has 1 amide bonds. The number of rotatable bonds is 3. The molecule has 0 spiro atoms. The molecule has 1 aromatic rings. The molecule has 4 heteroatoms. The van der Waals surface area contributed by atoms with Gasteiger partial charge in [-0.2, -0.15) is 0 Å². The van der Waals surface area contributed by atoms with Gasteiger partial charge in [0, 0.05) is 0 Å². The second-order valence-electron chi connectivity index (χ2n) is 2.86. The number of hydrogen-bond acceptors (Lipinski definition) is 3. The molecule has 1 unspecified atom stereocenters. The van der Waals surface area contributed by atoms with Crippen molar-refractivity contribution < 1.29 is 14.3 Å². The Labute approximate surface area is 81.7 Å². The van der Waals surface area contributed by atoms with Gasteiger partial charge in [-0.3, -0.25) is 9.59 Å². The van der Waals surface area contributed by atoms with Crippen molar-refractivity contribution in [1.82, 2.24) is 0 Å². The normalized spacial score (nSPS) is 11.8. The smallest absolute Gasteiger partial charge is 0.323 e. The van der Waals surface area contributed by atoms with Gasteiger partial charge in [-0.05, 0) is 19.1 Å². The Kier molecular flexibility index (Phi) is 3.23. The zero-order valence-electron chi connectivity index (χ0n) is 7.77. The van der Waals surface area contributed by atoms with E-state index in [0.717, 1.165) is 0 Å². The maximum Gasteiger partial charge on any atom is 0.323 e. The Morgan fingerprint density at radius 1 is 1.29 bits per heavy atom. The Balaban J connectivity index is 2.62. The standard InChI is InChI=1S/C10H11NO3/c1-7(9(11)12)10(13)14-8-5-3-2-4-6-8/h2-7H,1H3,(H2,11,12). The van der Waals surface area contributed by atoms with Crippen LogP contribution in [0.5, 0.6) is 5.75 Å². The molecule has 0 heterocycles. The van der Waals surface area contributed by atoms with Crippen LogP contribution in [0.25, 0.3) is 0 Å². The number of hydrogen-bond donors (Lipinski definition) is 1. The summed E-state index contributed by atoms with van der Waals surface area (Å²) < 4.78 is 4.90. The van der Waals surface area contributed by atoms with Gasteiger partial charge in [-0.25, -0.2) is 0 Å². The molecule has 1 aromatic carbocycles. The van der Waals surface area contributed by atoms with Gasteiger partial charge in [0.2, 0.25) is 5.91 Å². The number of ether oxygens (including phenoxy) is 1. The van der Waals surface area contributed by atoms with E-state index in [4.69, 9.17) is 10.5 Å². The lowest BCUT2D eigenvalue weighted by molar-refractivity contribution is -0.142. The Morgan fingerprint density at radius 2 is 1.86 bits per heavy atom. The van der Waals surface area contributed by atoms with Gasteiger partial charge in [-0.15, -0.1) is 0 Å². The zero-order chi connectivity index (χ0) is 10.6. The second-order valence-corrected chi connectivity index (χ2v) is 2.86. The van der Waals surface area contributed by atoms with E-state index in [1.54, 1.807) is 30.3 Å². The molecule has 4 nitrogen and oxygen atoms in total. The molecule has 74 valence electrons. The van der Waals surface area contributed by atoms with Crippen LogP contribution in [0.3, 0.4) is 0 Å². The second kappa shape index (κ2) is 4.41. The molecule has 1 atom stereocenters. The minimum atomic E-state index is -0.921. The third kappa shape index (κ3) is 2.58. The van der Waals surface area contributed by atoms with Crippen molar-refractivity contribution in [3.05, 3.63) is 30.3 Å². The topological polar surface area (TPSA) is 69.4 Å². The minimum Gasteiger partial charge on any atom is -0.426 e.